The molecule has 0 aromatic heterocycles. The summed E-state index contributed by atoms with van der Waals surface area (Å²) in [6.07, 6.45) is 12.7. The van der Waals surface area contributed by atoms with Crippen molar-refractivity contribution < 1.29 is 4.74 Å². The first-order valence-electron chi connectivity index (χ1n) is 9.44. The summed E-state index contributed by atoms with van der Waals surface area (Å²) < 4.78 is 5.84. The summed E-state index contributed by atoms with van der Waals surface area (Å²) in [5.74, 6) is 0.996. The first-order valence-corrected chi connectivity index (χ1v) is 9.44. The Bertz CT molecular complexity index is 244. The number of ether oxygens (including phenoxy) is 1. The van der Waals surface area contributed by atoms with Gasteiger partial charge in [-0.05, 0) is 70.3 Å². The fourth-order valence-corrected chi connectivity index (χ4v) is 3.63. The second-order valence-electron chi connectivity index (χ2n) is 7.43. The molecule has 0 bridgehead atoms. The Morgan fingerprint density at radius 3 is 2.43 bits per heavy atom. The van der Waals surface area contributed by atoms with Crippen LogP contribution in [0.5, 0.6) is 0 Å². The van der Waals surface area contributed by atoms with Crippen LogP contribution in [0.15, 0.2) is 0 Å². The molecule has 1 saturated carbocycles. The lowest BCUT2D eigenvalue weighted by Crippen LogP contribution is -2.39. The molecule has 0 aliphatic heterocycles. The minimum Gasteiger partial charge on any atom is -0.379 e. The SMILES string of the molecule is CCCCC1CCC(CCOC(C)C)(CNCCC)CC1. The fourth-order valence-electron chi connectivity index (χ4n) is 3.63. The molecule has 2 heteroatoms. The molecule has 1 fully saturated rings. The quantitative estimate of drug-likeness (QED) is 0.531. The molecule has 0 atom stereocenters. The van der Waals surface area contributed by atoms with E-state index < -0.39 is 0 Å². The smallest absolute Gasteiger partial charge is 0.0518 e. The Morgan fingerprint density at radius 1 is 1.14 bits per heavy atom. The van der Waals surface area contributed by atoms with Crippen LogP contribution in [0.1, 0.15) is 85.5 Å². The lowest BCUT2D eigenvalue weighted by Gasteiger charge is -2.41. The van der Waals surface area contributed by atoms with Crippen LogP contribution < -0.4 is 5.32 Å². The maximum Gasteiger partial charge on any atom is 0.0518 e. The summed E-state index contributed by atoms with van der Waals surface area (Å²) in [6.45, 7) is 12.1. The molecule has 0 heterocycles. The zero-order chi connectivity index (χ0) is 15.6. The molecule has 126 valence electrons. The molecule has 1 rings (SSSR count). The van der Waals surface area contributed by atoms with E-state index in [2.05, 4.69) is 33.0 Å². The van der Waals surface area contributed by atoms with Gasteiger partial charge in [0.15, 0.2) is 0 Å². The third-order valence-corrected chi connectivity index (χ3v) is 5.14. The molecule has 0 amide bonds. The zero-order valence-corrected chi connectivity index (χ0v) is 15.0. The molecule has 1 aliphatic rings. The highest BCUT2D eigenvalue weighted by Crippen LogP contribution is 2.42. The molecule has 1 N–H and O–H groups in total. The average Bonchev–Trinajstić information content (AvgIpc) is 2.47. The third kappa shape index (κ3) is 7.65. The van der Waals surface area contributed by atoms with Gasteiger partial charge in [0.25, 0.3) is 0 Å². The third-order valence-electron chi connectivity index (χ3n) is 5.14. The number of hydrogen-bond acceptors (Lipinski definition) is 2. The Morgan fingerprint density at radius 2 is 1.86 bits per heavy atom. The number of hydrogen-bond donors (Lipinski definition) is 1. The molecule has 0 unspecified atom stereocenters. The van der Waals surface area contributed by atoms with E-state index in [1.54, 1.807) is 0 Å². The van der Waals surface area contributed by atoms with E-state index in [0.717, 1.165) is 19.1 Å². The molecule has 0 saturated heterocycles. The first-order chi connectivity index (χ1) is 10.1. The van der Waals surface area contributed by atoms with Crippen LogP contribution in [0.4, 0.5) is 0 Å². The largest absolute Gasteiger partial charge is 0.379 e. The molecule has 1 aliphatic carbocycles. The van der Waals surface area contributed by atoms with Crippen LogP contribution in [0, 0.1) is 11.3 Å². The molecular formula is C19H39NO. The van der Waals surface area contributed by atoms with Crippen LogP contribution in [0.2, 0.25) is 0 Å². The fraction of sp³-hybridized carbons (Fsp3) is 1.00. The van der Waals surface area contributed by atoms with Gasteiger partial charge in [0, 0.05) is 13.2 Å². The monoisotopic (exact) mass is 297 g/mol. The van der Waals surface area contributed by atoms with Crippen molar-refractivity contribution in [1.82, 2.24) is 5.32 Å². The zero-order valence-electron chi connectivity index (χ0n) is 15.0. The van der Waals surface area contributed by atoms with Crippen molar-refractivity contribution in [2.75, 3.05) is 19.7 Å². The van der Waals surface area contributed by atoms with Crippen LogP contribution in [-0.4, -0.2) is 25.8 Å². The lowest BCUT2D eigenvalue weighted by molar-refractivity contribution is 0.0322. The van der Waals surface area contributed by atoms with Gasteiger partial charge in [-0.2, -0.15) is 0 Å². The number of nitrogens with one attached hydrogen (secondary N) is 1. The Hall–Kier alpha value is -0.0800. The topological polar surface area (TPSA) is 21.3 Å². The Kier molecular flexibility index (Phi) is 9.59. The minimum absolute atomic E-state index is 0.367. The van der Waals surface area contributed by atoms with Crippen LogP contribution in [0.25, 0.3) is 0 Å². The maximum atomic E-state index is 5.84. The van der Waals surface area contributed by atoms with Gasteiger partial charge >= 0.3 is 0 Å². The van der Waals surface area contributed by atoms with E-state index in [9.17, 15) is 0 Å². The molecule has 0 aromatic carbocycles. The van der Waals surface area contributed by atoms with E-state index in [1.807, 2.05) is 0 Å². The maximum absolute atomic E-state index is 5.84. The summed E-state index contributed by atoms with van der Waals surface area (Å²) in [4.78, 5) is 0. The number of rotatable bonds is 11. The normalized spacial score (nSPS) is 26.4. The predicted molar refractivity (Wildman–Crippen MR) is 92.8 cm³/mol. The number of unbranched alkanes of at least 4 members (excludes halogenated alkanes) is 1. The average molecular weight is 298 g/mol. The van der Waals surface area contributed by atoms with Gasteiger partial charge in [0.1, 0.15) is 0 Å². The van der Waals surface area contributed by atoms with E-state index in [-0.39, 0.29) is 0 Å². The van der Waals surface area contributed by atoms with Crippen molar-refractivity contribution in [2.45, 2.75) is 91.6 Å². The summed E-state index contributed by atoms with van der Waals surface area (Å²) in [5.41, 5.74) is 0.507. The van der Waals surface area contributed by atoms with Gasteiger partial charge < -0.3 is 10.1 Å². The predicted octanol–water partition coefficient (Wildman–Crippen LogP) is 5.17. The van der Waals surface area contributed by atoms with Gasteiger partial charge in [-0.1, -0.05) is 33.1 Å². The van der Waals surface area contributed by atoms with Crippen molar-refractivity contribution in [3.8, 4) is 0 Å². The lowest BCUT2D eigenvalue weighted by atomic mass is 9.67. The van der Waals surface area contributed by atoms with Gasteiger partial charge in [-0.15, -0.1) is 0 Å². The molecule has 0 aromatic rings. The summed E-state index contributed by atoms with van der Waals surface area (Å²) in [5, 5.41) is 3.69. The van der Waals surface area contributed by atoms with Crippen molar-refractivity contribution in [1.29, 1.82) is 0 Å². The second kappa shape index (κ2) is 10.6. The van der Waals surface area contributed by atoms with E-state index >= 15 is 0 Å². The highest BCUT2D eigenvalue weighted by atomic mass is 16.5. The summed E-state index contributed by atoms with van der Waals surface area (Å²) in [6, 6.07) is 0. The standard InChI is InChI=1S/C19H39NO/c1-5-7-8-18-9-11-19(12-10-18,16-20-14-6-2)13-15-21-17(3)4/h17-18,20H,5-16H2,1-4H3. The van der Waals surface area contributed by atoms with Crippen molar-refractivity contribution in [3.05, 3.63) is 0 Å². The summed E-state index contributed by atoms with van der Waals surface area (Å²) in [7, 11) is 0. The van der Waals surface area contributed by atoms with Gasteiger partial charge in [-0.3, -0.25) is 0 Å². The van der Waals surface area contributed by atoms with Crippen molar-refractivity contribution >= 4 is 0 Å². The molecule has 21 heavy (non-hydrogen) atoms. The molecule has 0 radical (unpaired) electrons. The van der Waals surface area contributed by atoms with E-state index in [1.165, 1.54) is 64.3 Å². The summed E-state index contributed by atoms with van der Waals surface area (Å²) >= 11 is 0. The van der Waals surface area contributed by atoms with Gasteiger partial charge in [-0.25, -0.2) is 0 Å². The Labute approximate surface area is 133 Å². The van der Waals surface area contributed by atoms with Crippen LogP contribution >= 0.6 is 0 Å². The second-order valence-corrected chi connectivity index (χ2v) is 7.43. The van der Waals surface area contributed by atoms with Gasteiger partial charge in [0.05, 0.1) is 6.10 Å². The molecule has 0 spiro atoms. The highest BCUT2D eigenvalue weighted by molar-refractivity contribution is 4.87. The Balaban J connectivity index is 2.42. The van der Waals surface area contributed by atoms with Gasteiger partial charge in [0.2, 0.25) is 0 Å². The minimum atomic E-state index is 0.367. The molecular weight excluding hydrogens is 258 g/mol. The van der Waals surface area contributed by atoms with Crippen LogP contribution in [0.3, 0.4) is 0 Å². The first kappa shape index (κ1) is 19.0. The highest BCUT2D eigenvalue weighted by Gasteiger charge is 2.34. The van der Waals surface area contributed by atoms with Crippen molar-refractivity contribution in [2.24, 2.45) is 11.3 Å². The molecule has 2 nitrogen and oxygen atoms in total. The van der Waals surface area contributed by atoms with E-state index in [4.69, 9.17) is 4.74 Å². The van der Waals surface area contributed by atoms with Crippen molar-refractivity contribution in [3.63, 3.8) is 0 Å². The van der Waals surface area contributed by atoms with Crippen LogP contribution in [-0.2, 0) is 4.74 Å². The van der Waals surface area contributed by atoms with E-state index in [0.29, 0.717) is 11.5 Å².